The van der Waals surface area contributed by atoms with Crippen molar-refractivity contribution in [1.82, 2.24) is 15.1 Å². The third kappa shape index (κ3) is 4.22. The maximum atomic E-state index is 8.82. The highest BCUT2D eigenvalue weighted by atomic mass is 16.5. The van der Waals surface area contributed by atoms with Gasteiger partial charge in [0, 0.05) is 31.4 Å². The molecule has 1 heterocycles. The number of aromatic nitrogens is 2. The Labute approximate surface area is 130 Å². The fourth-order valence-corrected chi connectivity index (χ4v) is 2.15. The summed E-state index contributed by atoms with van der Waals surface area (Å²) >= 11 is 0. The molecule has 6 nitrogen and oxygen atoms in total. The molecule has 1 atom stereocenters. The Morgan fingerprint density at radius 3 is 2.82 bits per heavy atom. The summed E-state index contributed by atoms with van der Waals surface area (Å²) in [5.41, 5.74) is 2.25. The van der Waals surface area contributed by atoms with E-state index in [1.54, 1.807) is 11.8 Å². The van der Waals surface area contributed by atoms with Crippen molar-refractivity contribution < 1.29 is 14.6 Å². The molecule has 0 amide bonds. The molecule has 0 spiro atoms. The number of ether oxygens (including phenoxy) is 2. The highest BCUT2D eigenvalue weighted by Gasteiger charge is 2.09. The fourth-order valence-electron chi connectivity index (χ4n) is 2.15. The summed E-state index contributed by atoms with van der Waals surface area (Å²) in [6.45, 7) is 3.06. The van der Waals surface area contributed by atoms with Crippen LogP contribution in [0.25, 0.3) is 0 Å². The molecular formula is C16H23N3O3. The largest absolute Gasteiger partial charge is 0.493 e. The summed E-state index contributed by atoms with van der Waals surface area (Å²) in [5, 5.41) is 16.5. The lowest BCUT2D eigenvalue weighted by Crippen LogP contribution is -2.17. The molecule has 0 fully saturated rings. The van der Waals surface area contributed by atoms with Gasteiger partial charge in [-0.05, 0) is 24.6 Å². The first-order valence-electron chi connectivity index (χ1n) is 7.26. The van der Waals surface area contributed by atoms with Crippen molar-refractivity contribution in [3.05, 3.63) is 41.7 Å². The minimum Gasteiger partial charge on any atom is -0.493 e. The number of benzene rings is 1. The van der Waals surface area contributed by atoms with Gasteiger partial charge in [-0.1, -0.05) is 6.07 Å². The number of nitrogens with one attached hydrogen (secondary N) is 1. The molecule has 2 N–H and O–H groups in total. The molecule has 0 radical (unpaired) electrons. The summed E-state index contributed by atoms with van der Waals surface area (Å²) in [6, 6.07) is 6.00. The summed E-state index contributed by atoms with van der Waals surface area (Å²) in [5.74, 6) is 1.31. The van der Waals surface area contributed by atoms with Crippen LogP contribution in [0.15, 0.2) is 30.6 Å². The van der Waals surface area contributed by atoms with Crippen molar-refractivity contribution in [2.75, 3.05) is 20.3 Å². The minimum absolute atomic E-state index is 0.0188. The van der Waals surface area contributed by atoms with Crippen LogP contribution < -0.4 is 14.8 Å². The van der Waals surface area contributed by atoms with Gasteiger partial charge in [0.05, 0.1) is 19.9 Å². The monoisotopic (exact) mass is 305 g/mol. The quantitative estimate of drug-likeness (QED) is 0.776. The first kappa shape index (κ1) is 16.3. The molecule has 1 unspecified atom stereocenters. The molecule has 0 saturated heterocycles. The smallest absolute Gasteiger partial charge is 0.161 e. The molecular weight excluding hydrogens is 282 g/mol. The summed E-state index contributed by atoms with van der Waals surface area (Å²) in [7, 11) is 3.52. The molecule has 0 aliphatic carbocycles. The van der Waals surface area contributed by atoms with Crippen molar-refractivity contribution in [2.45, 2.75) is 19.5 Å². The zero-order valence-electron chi connectivity index (χ0n) is 13.2. The van der Waals surface area contributed by atoms with Crippen LogP contribution in [0.3, 0.4) is 0 Å². The second-order valence-electron chi connectivity index (χ2n) is 5.11. The molecule has 0 saturated carbocycles. The minimum atomic E-state index is -0.0188. The van der Waals surface area contributed by atoms with E-state index in [-0.39, 0.29) is 19.3 Å². The van der Waals surface area contributed by atoms with Gasteiger partial charge in [0.15, 0.2) is 11.5 Å². The lowest BCUT2D eigenvalue weighted by atomic mass is 10.1. The van der Waals surface area contributed by atoms with Crippen LogP contribution in [0.4, 0.5) is 0 Å². The predicted molar refractivity (Wildman–Crippen MR) is 84.0 cm³/mol. The van der Waals surface area contributed by atoms with Crippen molar-refractivity contribution in [3.63, 3.8) is 0 Å². The summed E-state index contributed by atoms with van der Waals surface area (Å²) in [6.07, 6.45) is 3.87. The average Bonchev–Trinajstić information content (AvgIpc) is 2.97. The Bertz CT molecular complexity index is 598. The molecule has 2 aromatic rings. The van der Waals surface area contributed by atoms with E-state index in [1.807, 2.05) is 37.6 Å². The van der Waals surface area contributed by atoms with E-state index in [9.17, 15) is 0 Å². The summed E-state index contributed by atoms with van der Waals surface area (Å²) < 4.78 is 12.5. The lowest BCUT2D eigenvalue weighted by molar-refractivity contribution is 0.196. The molecule has 1 aromatic heterocycles. The number of methoxy groups -OCH3 is 1. The molecule has 22 heavy (non-hydrogen) atoms. The van der Waals surface area contributed by atoms with Gasteiger partial charge >= 0.3 is 0 Å². The number of hydrogen-bond donors (Lipinski definition) is 2. The molecule has 0 bridgehead atoms. The Balaban J connectivity index is 1.97. The standard InChI is InChI=1S/C16H23N3O3/c1-12(14-10-18-19(2)11-14)17-9-13-4-5-15(22-7-6-20)16(8-13)21-3/h4-5,8,10-12,17,20H,6-7,9H2,1-3H3. The SMILES string of the molecule is COc1cc(CNC(C)c2cnn(C)c2)ccc1OCCO. The number of nitrogens with zero attached hydrogens (tertiary/aromatic N) is 2. The topological polar surface area (TPSA) is 68.5 Å². The maximum absolute atomic E-state index is 8.82. The first-order chi connectivity index (χ1) is 10.6. The second kappa shape index (κ2) is 7.82. The average molecular weight is 305 g/mol. The number of rotatable bonds is 8. The van der Waals surface area contributed by atoms with Gasteiger partial charge in [0.25, 0.3) is 0 Å². The van der Waals surface area contributed by atoms with Crippen molar-refractivity contribution in [1.29, 1.82) is 0 Å². The fraction of sp³-hybridized carbons (Fsp3) is 0.438. The van der Waals surface area contributed by atoms with Crippen LogP contribution in [0.1, 0.15) is 24.1 Å². The predicted octanol–water partition coefficient (Wildman–Crippen LogP) is 1.65. The number of hydrogen-bond acceptors (Lipinski definition) is 5. The Hall–Kier alpha value is -2.05. The van der Waals surface area contributed by atoms with Crippen molar-refractivity contribution in [3.8, 4) is 11.5 Å². The third-order valence-corrected chi connectivity index (χ3v) is 3.41. The zero-order valence-corrected chi connectivity index (χ0v) is 13.2. The molecule has 1 aromatic carbocycles. The van der Waals surface area contributed by atoms with E-state index < -0.39 is 0 Å². The Morgan fingerprint density at radius 1 is 1.36 bits per heavy atom. The number of aliphatic hydroxyl groups excluding tert-OH is 1. The van der Waals surface area contributed by atoms with Gasteiger partial charge in [0.1, 0.15) is 6.61 Å². The summed E-state index contributed by atoms with van der Waals surface area (Å²) in [4.78, 5) is 0. The van der Waals surface area contributed by atoms with E-state index in [2.05, 4.69) is 17.3 Å². The van der Waals surface area contributed by atoms with E-state index in [0.717, 1.165) is 11.1 Å². The normalized spacial score (nSPS) is 12.2. The molecule has 120 valence electrons. The van der Waals surface area contributed by atoms with E-state index in [0.29, 0.717) is 18.0 Å². The van der Waals surface area contributed by atoms with E-state index in [4.69, 9.17) is 14.6 Å². The first-order valence-corrected chi connectivity index (χ1v) is 7.26. The van der Waals surface area contributed by atoms with E-state index in [1.165, 1.54) is 0 Å². The van der Waals surface area contributed by atoms with Gasteiger partial charge in [0.2, 0.25) is 0 Å². The van der Waals surface area contributed by atoms with E-state index >= 15 is 0 Å². The highest BCUT2D eigenvalue weighted by molar-refractivity contribution is 5.43. The van der Waals surface area contributed by atoms with Crippen molar-refractivity contribution in [2.24, 2.45) is 7.05 Å². The van der Waals surface area contributed by atoms with Gasteiger partial charge in [-0.15, -0.1) is 0 Å². The molecule has 0 aliphatic rings. The maximum Gasteiger partial charge on any atom is 0.161 e. The van der Waals surface area contributed by atoms with Crippen LogP contribution in [-0.2, 0) is 13.6 Å². The van der Waals surface area contributed by atoms with Gasteiger partial charge in [-0.25, -0.2) is 0 Å². The molecule has 0 aliphatic heterocycles. The highest BCUT2D eigenvalue weighted by Crippen LogP contribution is 2.28. The van der Waals surface area contributed by atoms with Gasteiger partial charge in [-0.2, -0.15) is 5.10 Å². The number of aliphatic hydroxyl groups is 1. The van der Waals surface area contributed by atoms with Crippen LogP contribution in [-0.4, -0.2) is 35.2 Å². The van der Waals surface area contributed by atoms with Gasteiger partial charge < -0.3 is 19.9 Å². The van der Waals surface area contributed by atoms with Crippen LogP contribution in [0, 0.1) is 0 Å². The van der Waals surface area contributed by atoms with Crippen LogP contribution in [0.5, 0.6) is 11.5 Å². The zero-order chi connectivity index (χ0) is 15.9. The van der Waals surface area contributed by atoms with Crippen molar-refractivity contribution >= 4 is 0 Å². The second-order valence-corrected chi connectivity index (χ2v) is 5.11. The Kier molecular flexibility index (Phi) is 5.80. The van der Waals surface area contributed by atoms with Crippen LogP contribution in [0.2, 0.25) is 0 Å². The molecule has 6 heteroatoms. The van der Waals surface area contributed by atoms with Gasteiger partial charge in [-0.3, -0.25) is 4.68 Å². The lowest BCUT2D eigenvalue weighted by Gasteiger charge is -2.14. The molecule has 2 rings (SSSR count). The third-order valence-electron chi connectivity index (χ3n) is 3.41. The number of aryl methyl sites for hydroxylation is 1. The van der Waals surface area contributed by atoms with Crippen LogP contribution >= 0.6 is 0 Å². The Morgan fingerprint density at radius 2 is 2.18 bits per heavy atom.